The highest BCUT2D eigenvalue weighted by molar-refractivity contribution is 9.11. The van der Waals surface area contributed by atoms with E-state index >= 15 is 0 Å². The van der Waals surface area contributed by atoms with Gasteiger partial charge in [0.15, 0.2) is 0 Å². The third kappa shape index (κ3) is 3.58. The van der Waals surface area contributed by atoms with E-state index in [0.717, 1.165) is 8.95 Å². The van der Waals surface area contributed by atoms with Crippen LogP contribution >= 0.6 is 31.9 Å². The maximum atomic E-state index is 13.8. The Balaban J connectivity index is 2.13. The summed E-state index contributed by atoms with van der Waals surface area (Å²) in [7, 11) is 0. The third-order valence-electron chi connectivity index (χ3n) is 2.64. The van der Waals surface area contributed by atoms with Crippen LogP contribution in [-0.4, -0.2) is 5.84 Å². The molecule has 6 heteroatoms. The van der Waals surface area contributed by atoms with Crippen LogP contribution in [0.2, 0.25) is 0 Å². The molecule has 0 bridgehead atoms. The second-order valence-electron chi connectivity index (χ2n) is 4.08. The third-order valence-corrected chi connectivity index (χ3v) is 3.75. The van der Waals surface area contributed by atoms with Gasteiger partial charge in [-0.25, -0.2) is 4.39 Å². The van der Waals surface area contributed by atoms with E-state index in [1.807, 2.05) is 12.1 Å². The van der Waals surface area contributed by atoms with Gasteiger partial charge in [0.25, 0.3) is 0 Å². The molecule has 0 aromatic heterocycles. The van der Waals surface area contributed by atoms with Gasteiger partial charge >= 0.3 is 0 Å². The van der Waals surface area contributed by atoms with Gasteiger partial charge in [-0.15, -0.1) is 0 Å². The fourth-order valence-electron chi connectivity index (χ4n) is 1.58. The van der Waals surface area contributed by atoms with Gasteiger partial charge in [-0.2, -0.15) is 0 Å². The number of amidine groups is 1. The first-order valence-corrected chi connectivity index (χ1v) is 7.26. The maximum Gasteiger partial charge on any atom is 0.134 e. The summed E-state index contributed by atoms with van der Waals surface area (Å²) in [6, 6.07) is 9.88. The second kappa shape index (κ2) is 6.37. The highest BCUT2D eigenvalue weighted by Gasteiger charge is 2.08. The Morgan fingerprint density at radius 3 is 2.55 bits per heavy atom. The molecule has 104 valence electrons. The van der Waals surface area contributed by atoms with E-state index < -0.39 is 5.82 Å². The molecule has 3 N–H and O–H groups in total. The van der Waals surface area contributed by atoms with Gasteiger partial charge in [0, 0.05) is 15.6 Å². The van der Waals surface area contributed by atoms with Crippen LogP contribution in [0.3, 0.4) is 0 Å². The smallest absolute Gasteiger partial charge is 0.134 e. The Morgan fingerprint density at radius 2 is 1.95 bits per heavy atom. The first-order valence-electron chi connectivity index (χ1n) is 5.68. The highest BCUT2D eigenvalue weighted by atomic mass is 79.9. The molecule has 0 atom stereocenters. The minimum absolute atomic E-state index is 0.101. The fraction of sp³-hybridized carbons (Fsp3) is 0.0714. The molecule has 0 aliphatic heterocycles. The highest BCUT2D eigenvalue weighted by Crippen LogP contribution is 2.29. The molecule has 0 heterocycles. The SMILES string of the molecule is N=C(N)c1ccc(COc2ccc(Br)cc2Br)c(F)c1. The van der Waals surface area contributed by atoms with Gasteiger partial charge in [-0.1, -0.05) is 28.1 Å². The van der Waals surface area contributed by atoms with E-state index in [0.29, 0.717) is 16.9 Å². The zero-order chi connectivity index (χ0) is 14.7. The number of nitrogens with one attached hydrogen (secondary N) is 1. The van der Waals surface area contributed by atoms with Crippen molar-refractivity contribution in [3.05, 3.63) is 62.3 Å². The average Bonchev–Trinajstić information content (AvgIpc) is 2.38. The quantitative estimate of drug-likeness (QED) is 0.595. The van der Waals surface area contributed by atoms with Crippen molar-refractivity contribution in [1.82, 2.24) is 0 Å². The molecule has 0 saturated heterocycles. The Labute approximate surface area is 132 Å². The van der Waals surface area contributed by atoms with Crippen molar-refractivity contribution in [3.63, 3.8) is 0 Å². The lowest BCUT2D eigenvalue weighted by Crippen LogP contribution is -2.12. The van der Waals surface area contributed by atoms with Crippen molar-refractivity contribution in [2.24, 2.45) is 5.73 Å². The Bertz CT molecular complexity index is 662. The van der Waals surface area contributed by atoms with E-state index in [1.165, 1.54) is 6.07 Å². The summed E-state index contributed by atoms with van der Waals surface area (Å²) < 4.78 is 21.1. The van der Waals surface area contributed by atoms with Crippen LogP contribution < -0.4 is 10.5 Å². The topological polar surface area (TPSA) is 59.1 Å². The van der Waals surface area contributed by atoms with Crippen molar-refractivity contribution in [1.29, 1.82) is 5.41 Å². The monoisotopic (exact) mass is 400 g/mol. The van der Waals surface area contributed by atoms with Crippen molar-refractivity contribution < 1.29 is 9.13 Å². The van der Waals surface area contributed by atoms with Gasteiger partial charge in [-0.05, 0) is 40.2 Å². The molecule has 0 unspecified atom stereocenters. The summed E-state index contributed by atoms with van der Waals surface area (Å²) in [5, 5.41) is 7.26. The van der Waals surface area contributed by atoms with Gasteiger partial charge in [0.1, 0.15) is 24.0 Å². The molecule has 0 saturated carbocycles. The molecule has 2 aromatic rings. The molecule has 20 heavy (non-hydrogen) atoms. The molecule has 0 spiro atoms. The summed E-state index contributed by atoms with van der Waals surface area (Å²) >= 11 is 6.72. The molecule has 0 fully saturated rings. The molecule has 0 aliphatic rings. The van der Waals surface area contributed by atoms with Crippen molar-refractivity contribution in [2.45, 2.75) is 6.61 Å². The molecule has 0 aliphatic carbocycles. The van der Waals surface area contributed by atoms with Crippen LogP contribution in [0.4, 0.5) is 4.39 Å². The average molecular weight is 402 g/mol. The lowest BCUT2D eigenvalue weighted by atomic mass is 10.1. The van der Waals surface area contributed by atoms with Crippen molar-refractivity contribution in [3.8, 4) is 5.75 Å². The number of nitrogen functional groups attached to an aromatic ring is 1. The summed E-state index contributed by atoms with van der Waals surface area (Å²) in [5.41, 5.74) is 6.07. The van der Waals surface area contributed by atoms with Crippen LogP contribution in [0.1, 0.15) is 11.1 Å². The Hall–Kier alpha value is -1.40. The summed E-state index contributed by atoms with van der Waals surface area (Å²) in [5.74, 6) is 0.0289. The van der Waals surface area contributed by atoms with Crippen molar-refractivity contribution in [2.75, 3.05) is 0 Å². The molecule has 0 amide bonds. The Kier molecular flexibility index (Phi) is 4.77. The van der Waals surface area contributed by atoms with Crippen LogP contribution in [0, 0.1) is 11.2 Å². The van der Waals surface area contributed by atoms with Gasteiger partial charge in [0.05, 0.1) is 4.47 Å². The molecular weight excluding hydrogens is 391 g/mol. The molecule has 3 nitrogen and oxygen atoms in total. The lowest BCUT2D eigenvalue weighted by molar-refractivity contribution is 0.298. The van der Waals surface area contributed by atoms with Crippen LogP contribution in [0.15, 0.2) is 45.3 Å². The number of hydrogen-bond acceptors (Lipinski definition) is 2. The standard InChI is InChI=1S/C14H11Br2FN2O/c15-10-3-4-13(11(16)6-10)20-7-9-2-1-8(14(18)19)5-12(9)17/h1-6H,7H2,(H3,18,19). The summed E-state index contributed by atoms with van der Waals surface area (Å²) in [6.07, 6.45) is 0. The zero-order valence-corrected chi connectivity index (χ0v) is 13.5. The minimum Gasteiger partial charge on any atom is -0.488 e. The second-order valence-corrected chi connectivity index (χ2v) is 5.85. The molecule has 2 aromatic carbocycles. The van der Waals surface area contributed by atoms with Gasteiger partial charge in [0.2, 0.25) is 0 Å². The van der Waals surface area contributed by atoms with Gasteiger partial charge in [-0.3, -0.25) is 5.41 Å². The number of nitrogens with two attached hydrogens (primary N) is 1. The number of rotatable bonds is 4. The number of hydrogen-bond donors (Lipinski definition) is 2. The molecule has 2 rings (SSSR count). The molecular formula is C14H11Br2FN2O. The summed E-state index contributed by atoms with van der Waals surface area (Å²) in [6.45, 7) is 0.101. The fourth-order valence-corrected chi connectivity index (χ4v) is 2.74. The maximum absolute atomic E-state index is 13.8. The first kappa shape index (κ1) is 15.0. The summed E-state index contributed by atoms with van der Waals surface area (Å²) in [4.78, 5) is 0. The lowest BCUT2D eigenvalue weighted by Gasteiger charge is -2.10. The Morgan fingerprint density at radius 1 is 1.20 bits per heavy atom. The first-order chi connectivity index (χ1) is 9.47. The number of ether oxygens (including phenoxy) is 1. The van der Waals surface area contributed by atoms with E-state index in [9.17, 15) is 4.39 Å². The molecule has 0 radical (unpaired) electrons. The van der Waals surface area contributed by atoms with E-state index in [-0.39, 0.29) is 12.4 Å². The largest absolute Gasteiger partial charge is 0.488 e. The van der Waals surface area contributed by atoms with E-state index in [1.54, 1.807) is 18.2 Å². The van der Waals surface area contributed by atoms with E-state index in [2.05, 4.69) is 31.9 Å². The van der Waals surface area contributed by atoms with Crippen LogP contribution in [-0.2, 0) is 6.61 Å². The van der Waals surface area contributed by atoms with Gasteiger partial charge < -0.3 is 10.5 Å². The van der Waals surface area contributed by atoms with E-state index in [4.69, 9.17) is 15.9 Å². The number of benzene rings is 2. The normalized spacial score (nSPS) is 10.3. The predicted octanol–water partition coefficient (Wildman–Crippen LogP) is 4.21. The van der Waals surface area contributed by atoms with Crippen LogP contribution in [0.25, 0.3) is 0 Å². The zero-order valence-electron chi connectivity index (χ0n) is 10.3. The van der Waals surface area contributed by atoms with Crippen LogP contribution in [0.5, 0.6) is 5.75 Å². The predicted molar refractivity (Wildman–Crippen MR) is 83.6 cm³/mol. The minimum atomic E-state index is -0.439. The number of halogens is 3. The van der Waals surface area contributed by atoms with Crippen molar-refractivity contribution >= 4 is 37.7 Å².